The molecule has 0 radical (unpaired) electrons. The molecule has 2 atom stereocenters. The van der Waals surface area contributed by atoms with E-state index in [4.69, 9.17) is 27.9 Å². The van der Waals surface area contributed by atoms with Gasteiger partial charge in [0.05, 0.1) is 29.3 Å². The van der Waals surface area contributed by atoms with Crippen LogP contribution in [-0.4, -0.2) is 59.5 Å². The van der Waals surface area contributed by atoms with Crippen LogP contribution in [-0.2, 0) is 27.1 Å². The van der Waals surface area contributed by atoms with Gasteiger partial charge in [-0.15, -0.1) is 0 Å². The van der Waals surface area contributed by atoms with Crippen molar-refractivity contribution < 1.29 is 18.5 Å². The highest BCUT2D eigenvalue weighted by Crippen LogP contribution is 2.28. The first kappa shape index (κ1) is 24.5. The molecule has 0 aromatic heterocycles. The predicted octanol–water partition coefficient (Wildman–Crippen LogP) is 3.27. The Bertz CT molecular complexity index is 1000. The second-order valence-electron chi connectivity index (χ2n) is 7.39. The quantitative estimate of drug-likeness (QED) is 0.636. The van der Waals surface area contributed by atoms with Crippen molar-refractivity contribution in [1.82, 2.24) is 10.2 Å². The molecule has 172 valence electrons. The van der Waals surface area contributed by atoms with Gasteiger partial charge in [0.25, 0.3) is 5.91 Å². The third-order valence-corrected chi connectivity index (χ3v) is 6.97. The molecule has 10 heteroatoms. The van der Waals surface area contributed by atoms with Crippen LogP contribution in [0.5, 0.6) is 0 Å². The Morgan fingerprint density at radius 2 is 1.94 bits per heavy atom. The summed E-state index contributed by atoms with van der Waals surface area (Å²) < 4.78 is 19.7. The Labute approximate surface area is 200 Å². The van der Waals surface area contributed by atoms with Crippen LogP contribution < -0.4 is 9.62 Å². The summed E-state index contributed by atoms with van der Waals surface area (Å²) in [6.07, 6.45) is 1.34. The Kier molecular flexibility index (Phi) is 8.53. The van der Waals surface area contributed by atoms with Gasteiger partial charge in [-0.3, -0.25) is 13.9 Å². The second kappa shape index (κ2) is 11.1. The van der Waals surface area contributed by atoms with E-state index >= 15 is 0 Å². The van der Waals surface area contributed by atoms with Crippen LogP contribution in [0, 0.1) is 0 Å². The molecule has 2 unspecified atom stereocenters. The summed E-state index contributed by atoms with van der Waals surface area (Å²) in [5, 5.41) is 3.71. The molecule has 1 aliphatic heterocycles. The zero-order valence-electron chi connectivity index (χ0n) is 17.8. The highest BCUT2D eigenvalue weighted by molar-refractivity contribution is 7.85. The van der Waals surface area contributed by atoms with Crippen molar-refractivity contribution in [3.8, 4) is 0 Å². The van der Waals surface area contributed by atoms with Crippen LogP contribution in [0.3, 0.4) is 0 Å². The molecule has 32 heavy (non-hydrogen) atoms. The van der Waals surface area contributed by atoms with Gasteiger partial charge < -0.3 is 15.0 Å². The lowest BCUT2D eigenvalue weighted by atomic mass is 10.1. The number of halogens is 2. The molecule has 2 aromatic carbocycles. The van der Waals surface area contributed by atoms with Crippen molar-refractivity contribution in [1.29, 1.82) is 0 Å². The number of hydrogen-bond acceptors (Lipinski definition) is 4. The van der Waals surface area contributed by atoms with Crippen molar-refractivity contribution in [2.45, 2.75) is 19.6 Å². The Hall–Kier alpha value is -2.13. The van der Waals surface area contributed by atoms with E-state index in [-0.39, 0.29) is 17.9 Å². The smallest absolute Gasteiger partial charge is 0.251 e. The Balaban J connectivity index is 1.63. The fourth-order valence-corrected chi connectivity index (χ4v) is 4.49. The zero-order chi connectivity index (χ0) is 23.3. The first-order valence-corrected chi connectivity index (χ1v) is 12.3. The molecule has 0 aliphatic carbocycles. The van der Waals surface area contributed by atoms with Gasteiger partial charge in [0.2, 0.25) is 5.91 Å². The van der Waals surface area contributed by atoms with Gasteiger partial charge in [-0.05, 0) is 35.9 Å². The molecule has 0 spiro atoms. The van der Waals surface area contributed by atoms with Crippen molar-refractivity contribution in [3.05, 3.63) is 63.6 Å². The minimum absolute atomic E-state index is 0.00265. The summed E-state index contributed by atoms with van der Waals surface area (Å²) in [6, 6.07) is 12.1. The van der Waals surface area contributed by atoms with Gasteiger partial charge in [-0.2, -0.15) is 0 Å². The van der Waals surface area contributed by atoms with Crippen molar-refractivity contribution in [3.63, 3.8) is 0 Å². The van der Waals surface area contributed by atoms with Gasteiger partial charge in [0.1, 0.15) is 11.0 Å². The minimum atomic E-state index is -1.32. The molecule has 3 rings (SSSR count). The number of amides is 2. The summed E-state index contributed by atoms with van der Waals surface area (Å²) in [5.41, 5.74) is 1.91. The molecule has 0 bridgehead atoms. The molecule has 7 nitrogen and oxygen atoms in total. The van der Waals surface area contributed by atoms with E-state index in [9.17, 15) is 13.8 Å². The third kappa shape index (κ3) is 6.22. The Morgan fingerprint density at radius 3 is 2.59 bits per heavy atom. The first-order valence-electron chi connectivity index (χ1n) is 10.1. The monoisotopic (exact) mass is 497 g/mol. The number of carbonyl (C=O) groups excluding carboxylic acids is 2. The van der Waals surface area contributed by atoms with E-state index in [1.807, 2.05) is 6.07 Å². The topological polar surface area (TPSA) is 79.0 Å². The number of rotatable bonds is 7. The van der Waals surface area contributed by atoms with Gasteiger partial charge in [0.15, 0.2) is 0 Å². The standard InChI is InChI=1S/C22H25Cl2N3O4S/c1-15(28)26-10-11-31-19(14-26)12-25-22(29)16-6-8-18(9-7-16)27(32(2)30)13-17-4-3-5-20(23)21(17)24/h3-9,19H,10-14H2,1-2H3,(H,25,29). The molecule has 2 amide bonds. The molecule has 1 heterocycles. The predicted molar refractivity (Wildman–Crippen MR) is 127 cm³/mol. The average Bonchev–Trinajstić information content (AvgIpc) is 2.78. The molecular weight excluding hydrogens is 473 g/mol. The minimum Gasteiger partial charge on any atom is -0.373 e. The lowest BCUT2D eigenvalue weighted by molar-refractivity contribution is -0.136. The van der Waals surface area contributed by atoms with Crippen molar-refractivity contribution in [2.24, 2.45) is 0 Å². The lowest BCUT2D eigenvalue weighted by Crippen LogP contribution is -2.49. The van der Waals surface area contributed by atoms with Crippen LogP contribution in [0.4, 0.5) is 5.69 Å². The summed E-state index contributed by atoms with van der Waals surface area (Å²) in [5.74, 6) is -0.251. The second-order valence-corrected chi connectivity index (χ2v) is 9.46. The van der Waals surface area contributed by atoms with Gasteiger partial charge >= 0.3 is 0 Å². The van der Waals surface area contributed by atoms with E-state index < -0.39 is 11.0 Å². The van der Waals surface area contributed by atoms with Crippen molar-refractivity contribution in [2.75, 3.05) is 36.8 Å². The van der Waals surface area contributed by atoms with Crippen LogP contribution in [0.1, 0.15) is 22.8 Å². The average molecular weight is 498 g/mol. The van der Waals surface area contributed by atoms with Gasteiger partial charge in [0, 0.05) is 44.1 Å². The fourth-order valence-electron chi connectivity index (χ4n) is 3.37. The first-order chi connectivity index (χ1) is 15.3. The molecule has 0 saturated carbocycles. The number of ether oxygens (including phenoxy) is 1. The maximum Gasteiger partial charge on any atom is 0.251 e. The number of nitrogens with one attached hydrogen (secondary N) is 1. The van der Waals surface area contributed by atoms with E-state index in [0.717, 1.165) is 5.56 Å². The lowest BCUT2D eigenvalue weighted by Gasteiger charge is -2.32. The molecule has 2 aromatic rings. The number of benzene rings is 2. The van der Waals surface area contributed by atoms with Crippen LogP contribution >= 0.6 is 23.2 Å². The summed E-state index contributed by atoms with van der Waals surface area (Å²) in [7, 11) is -1.32. The fraction of sp³-hybridized carbons (Fsp3) is 0.364. The number of anilines is 1. The molecule has 1 saturated heterocycles. The summed E-state index contributed by atoms with van der Waals surface area (Å²) in [6.45, 7) is 3.61. The van der Waals surface area contributed by atoms with E-state index in [1.165, 1.54) is 6.92 Å². The Morgan fingerprint density at radius 1 is 1.22 bits per heavy atom. The number of hydrogen-bond donors (Lipinski definition) is 1. The van der Waals surface area contributed by atoms with E-state index in [2.05, 4.69) is 5.32 Å². The largest absolute Gasteiger partial charge is 0.373 e. The van der Waals surface area contributed by atoms with Crippen LogP contribution in [0.15, 0.2) is 42.5 Å². The summed E-state index contributed by atoms with van der Waals surface area (Å²) >= 11 is 12.4. The molecule has 1 N–H and O–H groups in total. The van der Waals surface area contributed by atoms with Gasteiger partial charge in [-0.25, -0.2) is 4.21 Å². The zero-order valence-corrected chi connectivity index (χ0v) is 20.2. The summed E-state index contributed by atoms with van der Waals surface area (Å²) in [4.78, 5) is 25.8. The van der Waals surface area contributed by atoms with Gasteiger partial charge in [-0.1, -0.05) is 35.3 Å². The molecule has 1 aliphatic rings. The maximum atomic E-state index is 12.5. The van der Waals surface area contributed by atoms with E-state index in [0.29, 0.717) is 54.1 Å². The normalized spacial score (nSPS) is 17.0. The highest BCUT2D eigenvalue weighted by atomic mass is 35.5. The number of nitrogens with zero attached hydrogens (tertiary/aromatic N) is 2. The highest BCUT2D eigenvalue weighted by Gasteiger charge is 2.23. The molecular formula is C22H25Cl2N3O4S. The molecule has 1 fully saturated rings. The van der Waals surface area contributed by atoms with E-state index in [1.54, 1.807) is 51.9 Å². The number of morpholine rings is 1. The maximum absolute atomic E-state index is 12.5. The SMILES string of the molecule is CC(=O)N1CCOC(CNC(=O)c2ccc(N(Cc3cccc(Cl)c3Cl)S(C)=O)cc2)C1. The van der Waals surface area contributed by atoms with Crippen LogP contribution in [0.2, 0.25) is 10.0 Å². The van der Waals surface area contributed by atoms with Crippen LogP contribution in [0.25, 0.3) is 0 Å². The third-order valence-electron chi connectivity index (χ3n) is 5.15. The van der Waals surface area contributed by atoms with Crippen molar-refractivity contribution >= 4 is 51.7 Å². The number of carbonyl (C=O) groups is 2.